The Hall–Kier alpha value is -2.28. The van der Waals surface area contributed by atoms with Crippen LogP contribution in [-0.2, 0) is 13.6 Å². The predicted molar refractivity (Wildman–Crippen MR) is 92.9 cm³/mol. The molecule has 7 nitrogen and oxygen atoms in total. The highest BCUT2D eigenvalue weighted by Gasteiger charge is 2.24. The summed E-state index contributed by atoms with van der Waals surface area (Å²) in [4.78, 5) is 25.2. The summed E-state index contributed by atoms with van der Waals surface area (Å²) in [5, 5.41) is 3.98. The molecule has 0 aromatic carbocycles. The summed E-state index contributed by atoms with van der Waals surface area (Å²) < 4.78 is 1.40. The largest absolute Gasteiger partial charge is 0.356 e. The first-order chi connectivity index (χ1) is 11.5. The minimum Gasteiger partial charge on any atom is -0.356 e. The van der Waals surface area contributed by atoms with Crippen LogP contribution in [0.3, 0.4) is 0 Å². The zero-order chi connectivity index (χ0) is 17.1. The maximum Gasteiger partial charge on any atom is 0.270 e. The Labute approximate surface area is 142 Å². The Morgan fingerprint density at radius 2 is 2.04 bits per heavy atom. The van der Waals surface area contributed by atoms with Gasteiger partial charge in [0.2, 0.25) is 0 Å². The van der Waals surface area contributed by atoms with Crippen molar-refractivity contribution in [1.29, 1.82) is 0 Å². The lowest BCUT2D eigenvalue weighted by molar-refractivity contribution is 0.202. The van der Waals surface area contributed by atoms with E-state index in [4.69, 9.17) is 0 Å². The quantitative estimate of drug-likeness (QED) is 0.833. The molecule has 0 atom stereocenters. The van der Waals surface area contributed by atoms with Crippen molar-refractivity contribution in [2.24, 2.45) is 7.05 Å². The highest BCUT2D eigenvalue weighted by molar-refractivity contribution is 5.39. The van der Waals surface area contributed by atoms with Crippen molar-refractivity contribution in [1.82, 2.24) is 24.6 Å². The zero-order valence-electron chi connectivity index (χ0n) is 14.5. The molecule has 0 saturated carbocycles. The van der Waals surface area contributed by atoms with E-state index >= 15 is 0 Å². The van der Waals surface area contributed by atoms with E-state index in [0.717, 1.165) is 43.0 Å². The lowest BCUT2D eigenvalue weighted by atomic mass is 10.0. The third-order valence-electron chi connectivity index (χ3n) is 4.73. The van der Waals surface area contributed by atoms with Crippen molar-refractivity contribution >= 4 is 5.82 Å². The van der Waals surface area contributed by atoms with E-state index in [1.54, 1.807) is 19.6 Å². The van der Waals surface area contributed by atoms with Crippen LogP contribution in [0.5, 0.6) is 0 Å². The molecule has 1 aliphatic rings. The molecule has 0 N–H and O–H groups in total. The zero-order valence-corrected chi connectivity index (χ0v) is 14.5. The first-order valence-electron chi connectivity index (χ1n) is 8.29. The van der Waals surface area contributed by atoms with Crippen LogP contribution in [0.15, 0.2) is 29.5 Å². The fraction of sp³-hybridized carbons (Fsp3) is 0.529. The number of rotatable bonds is 4. The summed E-state index contributed by atoms with van der Waals surface area (Å²) in [5.74, 6) is 0.976. The molecule has 0 spiro atoms. The van der Waals surface area contributed by atoms with Crippen LogP contribution in [0.1, 0.15) is 24.1 Å². The molecule has 0 bridgehead atoms. The molecule has 7 heteroatoms. The number of likely N-dealkylation sites (tertiary alicyclic amines) is 1. The summed E-state index contributed by atoms with van der Waals surface area (Å²) >= 11 is 0. The predicted octanol–water partition coefficient (Wildman–Crippen LogP) is 0.980. The van der Waals surface area contributed by atoms with Gasteiger partial charge in [-0.25, -0.2) is 14.6 Å². The topological polar surface area (TPSA) is 67.2 Å². The van der Waals surface area contributed by atoms with Crippen molar-refractivity contribution in [2.75, 3.05) is 25.0 Å². The minimum absolute atomic E-state index is 0.00629. The number of anilines is 1. The molecule has 3 heterocycles. The van der Waals surface area contributed by atoms with Gasteiger partial charge in [0.15, 0.2) is 0 Å². The maximum atomic E-state index is 12.1. The first-order valence-corrected chi connectivity index (χ1v) is 8.29. The summed E-state index contributed by atoms with van der Waals surface area (Å²) in [6.07, 6.45) is 5.43. The molecule has 1 saturated heterocycles. The summed E-state index contributed by atoms with van der Waals surface area (Å²) in [6.45, 7) is 4.63. The standard InChI is InChI=1S/C17H24N6O/c1-13-10-16(19-12-18-13)21(2)15-5-8-23(9-6-15)11-14-4-7-20-22(3)17(14)24/h4,7,10,12,15H,5-6,8-9,11H2,1-3H3. The molecule has 1 fully saturated rings. The molecule has 2 aromatic rings. The maximum absolute atomic E-state index is 12.1. The Bertz CT molecular complexity index is 751. The molecular formula is C17H24N6O. The van der Waals surface area contributed by atoms with Crippen LogP contribution in [0.25, 0.3) is 0 Å². The van der Waals surface area contributed by atoms with Gasteiger partial charge in [-0.2, -0.15) is 5.10 Å². The van der Waals surface area contributed by atoms with E-state index in [9.17, 15) is 4.79 Å². The molecular weight excluding hydrogens is 304 g/mol. The van der Waals surface area contributed by atoms with Crippen LogP contribution in [0, 0.1) is 6.92 Å². The Kier molecular flexibility index (Phi) is 4.89. The van der Waals surface area contributed by atoms with Gasteiger partial charge in [0, 0.05) is 63.3 Å². The molecule has 0 radical (unpaired) electrons. The smallest absolute Gasteiger partial charge is 0.270 e. The highest BCUT2D eigenvalue weighted by atomic mass is 16.1. The van der Waals surface area contributed by atoms with Crippen LogP contribution < -0.4 is 10.5 Å². The highest BCUT2D eigenvalue weighted by Crippen LogP contribution is 2.21. The number of piperidine rings is 1. The second-order valence-electron chi connectivity index (χ2n) is 6.42. The summed E-state index contributed by atoms with van der Waals surface area (Å²) in [7, 11) is 3.79. The van der Waals surface area contributed by atoms with Gasteiger partial charge in [0.25, 0.3) is 5.56 Å². The minimum atomic E-state index is -0.00629. The molecule has 2 aromatic heterocycles. The SMILES string of the molecule is Cc1cc(N(C)C2CCN(Cc3ccnn(C)c3=O)CC2)ncn1. The number of hydrogen-bond acceptors (Lipinski definition) is 6. The monoisotopic (exact) mass is 328 g/mol. The fourth-order valence-corrected chi connectivity index (χ4v) is 3.20. The molecule has 128 valence electrons. The van der Waals surface area contributed by atoms with Gasteiger partial charge in [-0.3, -0.25) is 9.69 Å². The molecule has 3 rings (SSSR count). The third kappa shape index (κ3) is 3.62. The second kappa shape index (κ2) is 7.09. The van der Waals surface area contributed by atoms with Gasteiger partial charge in [-0.1, -0.05) is 0 Å². The normalized spacial score (nSPS) is 16.3. The van der Waals surface area contributed by atoms with Crippen molar-refractivity contribution in [3.8, 4) is 0 Å². The van der Waals surface area contributed by atoms with Crippen molar-refractivity contribution in [3.05, 3.63) is 46.3 Å². The fourth-order valence-electron chi connectivity index (χ4n) is 3.20. The van der Waals surface area contributed by atoms with Gasteiger partial charge < -0.3 is 4.90 Å². The average Bonchev–Trinajstić information content (AvgIpc) is 2.59. The average molecular weight is 328 g/mol. The van der Waals surface area contributed by atoms with E-state index in [0.29, 0.717) is 12.6 Å². The van der Waals surface area contributed by atoms with Crippen LogP contribution in [0.4, 0.5) is 5.82 Å². The van der Waals surface area contributed by atoms with Crippen LogP contribution in [-0.4, -0.2) is 50.8 Å². The summed E-state index contributed by atoms with van der Waals surface area (Å²) in [6, 6.07) is 4.31. The van der Waals surface area contributed by atoms with Crippen molar-refractivity contribution < 1.29 is 0 Å². The molecule has 1 aliphatic heterocycles. The van der Waals surface area contributed by atoms with Gasteiger partial charge in [-0.15, -0.1) is 0 Å². The van der Waals surface area contributed by atoms with Crippen LogP contribution in [0.2, 0.25) is 0 Å². The number of hydrogen-bond donors (Lipinski definition) is 0. The van der Waals surface area contributed by atoms with Gasteiger partial charge in [0.05, 0.1) is 0 Å². The van der Waals surface area contributed by atoms with E-state index in [1.807, 2.05) is 19.1 Å². The Morgan fingerprint density at radius 3 is 2.75 bits per heavy atom. The van der Waals surface area contributed by atoms with Gasteiger partial charge in [0.1, 0.15) is 12.1 Å². The lowest BCUT2D eigenvalue weighted by Gasteiger charge is -2.37. The first kappa shape index (κ1) is 16.6. The van der Waals surface area contributed by atoms with Crippen molar-refractivity contribution in [2.45, 2.75) is 32.4 Å². The number of nitrogens with zero attached hydrogens (tertiary/aromatic N) is 6. The third-order valence-corrected chi connectivity index (χ3v) is 4.73. The van der Waals surface area contributed by atoms with E-state index in [-0.39, 0.29) is 5.56 Å². The lowest BCUT2D eigenvalue weighted by Crippen LogP contribution is -2.44. The Morgan fingerprint density at radius 1 is 1.29 bits per heavy atom. The van der Waals surface area contributed by atoms with Crippen molar-refractivity contribution in [3.63, 3.8) is 0 Å². The van der Waals surface area contributed by atoms with E-state index in [2.05, 4.69) is 31.9 Å². The molecule has 0 amide bonds. The molecule has 0 aliphatic carbocycles. The van der Waals surface area contributed by atoms with Crippen LogP contribution >= 0.6 is 0 Å². The Balaban J connectivity index is 1.59. The van der Waals surface area contributed by atoms with Gasteiger partial charge in [-0.05, 0) is 25.8 Å². The van der Waals surface area contributed by atoms with E-state index < -0.39 is 0 Å². The summed E-state index contributed by atoms with van der Waals surface area (Å²) in [5.41, 5.74) is 1.79. The molecule has 24 heavy (non-hydrogen) atoms. The molecule has 0 unspecified atom stereocenters. The second-order valence-corrected chi connectivity index (χ2v) is 6.42. The van der Waals surface area contributed by atoms with E-state index in [1.165, 1.54) is 4.68 Å². The van der Waals surface area contributed by atoms with Gasteiger partial charge >= 0.3 is 0 Å². The number of aromatic nitrogens is 4. The number of aryl methyl sites for hydroxylation is 2.